The van der Waals surface area contributed by atoms with Crippen LogP contribution in [0.5, 0.6) is 0 Å². The Morgan fingerprint density at radius 1 is 1.47 bits per heavy atom. The van der Waals surface area contributed by atoms with Crippen molar-refractivity contribution in [3.63, 3.8) is 0 Å². The average Bonchev–Trinajstić information content (AvgIpc) is 2.36. The molecule has 0 amide bonds. The van der Waals surface area contributed by atoms with E-state index in [-0.39, 0.29) is 0 Å². The van der Waals surface area contributed by atoms with Gasteiger partial charge in [-0.3, -0.25) is 0 Å². The van der Waals surface area contributed by atoms with Gasteiger partial charge >= 0.3 is 5.97 Å². The highest BCUT2D eigenvalue weighted by molar-refractivity contribution is 5.85. The summed E-state index contributed by atoms with van der Waals surface area (Å²) in [6.45, 7) is 6.41. The fourth-order valence-corrected chi connectivity index (χ4v) is 2.09. The topological polar surface area (TPSA) is 40.5 Å². The predicted molar refractivity (Wildman–Crippen MR) is 80.6 cm³/mol. The lowest BCUT2D eigenvalue weighted by Gasteiger charge is -2.27. The van der Waals surface area contributed by atoms with Crippen LogP contribution in [0.25, 0.3) is 6.08 Å². The maximum atomic E-state index is 10.5. The van der Waals surface area contributed by atoms with Gasteiger partial charge in [0.25, 0.3) is 0 Å². The van der Waals surface area contributed by atoms with Gasteiger partial charge in [0.15, 0.2) is 0 Å². The Bertz CT molecular complexity index is 466. The third-order valence-corrected chi connectivity index (χ3v) is 3.43. The van der Waals surface area contributed by atoms with E-state index in [9.17, 15) is 4.79 Å². The number of anilines is 1. The SMILES string of the molecule is CCCC(C)N(C)c1ccc(/C=C/C(=O)O)c(C)c1. The first kappa shape index (κ1) is 15.3. The summed E-state index contributed by atoms with van der Waals surface area (Å²) in [6.07, 6.45) is 5.14. The molecular formula is C16H23NO2. The summed E-state index contributed by atoms with van der Waals surface area (Å²) >= 11 is 0. The molecule has 0 aliphatic rings. The smallest absolute Gasteiger partial charge is 0.328 e. The molecule has 0 aliphatic carbocycles. The zero-order chi connectivity index (χ0) is 14.4. The van der Waals surface area contributed by atoms with E-state index < -0.39 is 5.97 Å². The standard InChI is InChI=1S/C16H23NO2/c1-5-6-13(3)17(4)15-9-7-14(12(2)11-15)8-10-16(18)19/h7-11,13H,5-6H2,1-4H3,(H,18,19)/b10-8+. The van der Waals surface area contributed by atoms with Crippen LogP contribution in [0.3, 0.4) is 0 Å². The van der Waals surface area contributed by atoms with Crippen molar-refractivity contribution in [2.24, 2.45) is 0 Å². The fourth-order valence-electron chi connectivity index (χ4n) is 2.09. The third-order valence-electron chi connectivity index (χ3n) is 3.43. The number of benzene rings is 1. The molecule has 3 nitrogen and oxygen atoms in total. The van der Waals surface area contributed by atoms with E-state index in [0.717, 1.165) is 17.5 Å². The van der Waals surface area contributed by atoms with Crippen molar-refractivity contribution >= 4 is 17.7 Å². The molecule has 0 spiro atoms. The average molecular weight is 261 g/mol. The quantitative estimate of drug-likeness (QED) is 0.793. The number of aliphatic carboxylic acids is 1. The Balaban J connectivity index is 2.90. The number of aryl methyl sites for hydroxylation is 1. The molecule has 0 fully saturated rings. The molecule has 0 aliphatic heterocycles. The van der Waals surface area contributed by atoms with Crippen molar-refractivity contribution in [1.29, 1.82) is 0 Å². The summed E-state index contributed by atoms with van der Waals surface area (Å²) < 4.78 is 0. The molecule has 1 N–H and O–H groups in total. The van der Waals surface area contributed by atoms with Crippen LogP contribution >= 0.6 is 0 Å². The third kappa shape index (κ3) is 4.43. The molecule has 3 heteroatoms. The largest absolute Gasteiger partial charge is 0.478 e. The predicted octanol–water partition coefficient (Wildman–Crippen LogP) is 3.72. The molecule has 1 aromatic carbocycles. The van der Waals surface area contributed by atoms with Crippen molar-refractivity contribution in [1.82, 2.24) is 0 Å². The second-order valence-corrected chi connectivity index (χ2v) is 4.96. The van der Waals surface area contributed by atoms with Crippen LogP contribution in [0.2, 0.25) is 0 Å². The van der Waals surface area contributed by atoms with E-state index in [1.54, 1.807) is 6.08 Å². The number of hydrogen-bond donors (Lipinski definition) is 1. The zero-order valence-corrected chi connectivity index (χ0v) is 12.2. The van der Waals surface area contributed by atoms with Crippen molar-refractivity contribution in [2.75, 3.05) is 11.9 Å². The van der Waals surface area contributed by atoms with Gasteiger partial charge in [0.2, 0.25) is 0 Å². The van der Waals surface area contributed by atoms with Crippen LogP contribution in [0.4, 0.5) is 5.69 Å². The van der Waals surface area contributed by atoms with Crippen molar-refractivity contribution < 1.29 is 9.90 Å². The zero-order valence-electron chi connectivity index (χ0n) is 12.2. The van der Waals surface area contributed by atoms with E-state index in [4.69, 9.17) is 5.11 Å². The Morgan fingerprint density at radius 3 is 2.68 bits per heavy atom. The van der Waals surface area contributed by atoms with Crippen LogP contribution in [0, 0.1) is 6.92 Å². The molecular weight excluding hydrogens is 238 g/mol. The number of carbonyl (C=O) groups is 1. The minimum Gasteiger partial charge on any atom is -0.478 e. The monoisotopic (exact) mass is 261 g/mol. The molecule has 0 heterocycles. The first-order valence-corrected chi connectivity index (χ1v) is 6.70. The van der Waals surface area contributed by atoms with Gasteiger partial charge in [-0.2, -0.15) is 0 Å². The van der Waals surface area contributed by atoms with Crippen molar-refractivity contribution in [3.8, 4) is 0 Å². The fraction of sp³-hybridized carbons (Fsp3) is 0.438. The molecule has 1 rings (SSSR count). The molecule has 1 aromatic rings. The van der Waals surface area contributed by atoms with Gasteiger partial charge in [0.1, 0.15) is 0 Å². The molecule has 0 saturated carbocycles. The van der Waals surface area contributed by atoms with Gasteiger partial charge in [0.05, 0.1) is 0 Å². The van der Waals surface area contributed by atoms with E-state index >= 15 is 0 Å². The summed E-state index contributed by atoms with van der Waals surface area (Å²) in [7, 11) is 2.10. The van der Waals surface area contributed by atoms with Gasteiger partial charge in [-0.25, -0.2) is 4.79 Å². The number of carboxylic acids is 1. The number of rotatable bonds is 6. The number of nitrogens with zero attached hydrogens (tertiary/aromatic N) is 1. The summed E-state index contributed by atoms with van der Waals surface area (Å²) in [5, 5.41) is 8.65. The maximum absolute atomic E-state index is 10.5. The van der Waals surface area contributed by atoms with Gasteiger partial charge in [0, 0.05) is 24.9 Å². The number of hydrogen-bond acceptors (Lipinski definition) is 2. The minimum atomic E-state index is -0.919. The second-order valence-electron chi connectivity index (χ2n) is 4.96. The van der Waals surface area contributed by atoms with Gasteiger partial charge in [-0.1, -0.05) is 19.4 Å². The lowest BCUT2D eigenvalue weighted by molar-refractivity contribution is -0.131. The summed E-state index contributed by atoms with van der Waals surface area (Å²) in [5.74, 6) is -0.919. The second kappa shape index (κ2) is 6.98. The Kier molecular flexibility index (Phi) is 5.61. The van der Waals surface area contributed by atoms with Gasteiger partial charge in [-0.15, -0.1) is 0 Å². The van der Waals surface area contributed by atoms with Gasteiger partial charge < -0.3 is 10.0 Å². The highest BCUT2D eigenvalue weighted by Crippen LogP contribution is 2.22. The summed E-state index contributed by atoms with van der Waals surface area (Å²) in [4.78, 5) is 12.8. The lowest BCUT2D eigenvalue weighted by Crippen LogP contribution is -2.28. The molecule has 0 bridgehead atoms. The van der Waals surface area contributed by atoms with E-state index in [1.807, 2.05) is 19.1 Å². The van der Waals surface area contributed by atoms with Crippen LogP contribution in [-0.4, -0.2) is 24.2 Å². The minimum absolute atomic E-state index is 0.504. The molecule has 1 unspecified atom stereocenters. The lowest BCUT2D eigenvalue weighted by atomic mass is 10.1. The van der Waals surface area contributed by atoms with Crippen LogP contribution < -0.4 is 4.90 Å². The highest BCUT2D eigenvalue weighted by Gasteiger charge is 2.09. The first-order valence-electron chi connectivity index (χ1n) is 6.70. The maximum Gasteiger partial charge on any atom is 0.328 e. The Labute approximate surface area is 115 Å². The van der Waals surface area contributed by atoms with E-state index in [0.29, 0.717) is 6.04 Å². The van der Waals surface area contributed by atoms with E-state index in [1.165, 1.54) is 18.2 Å². The number of carboxylic acid groups (broad SMARTS) is 1. The molecule has 0 radical (unpaired) electrons. The summed E-state index contributed by atoms with van der Waals surface area (Å²) in [5.41, 5.74) is 3.21. The normalized spacial score (nSPS) is 12.6. The first-order chi connectivity index (χ1) is 8.95. The van der Waals surface area contributed by atoms with Gasteiger partial charge in [-0.05, 0) is 49.6 Å². The van der Waals surface area contributed by atoms with Crippen molar-refractivity contribution in [2.45, 2.75) is 39.7 Å². The van der Waals surface area contributed by atoms with Crippen LogP contribution in [0.15, 0.2) is 24.3 Å². The Hall–Kier alpha value is -1.77. The molecule has 104 valence electrons. The van der Waals surface area contributed by atoms with E-state index in [2.05, 4.69) is 31.9 Å². The van der Waals surface area contributed by atoms with Crippen molar-refractivity contribution in [3.05, 3.63) is 35.4 Å². The molecule has 0 aromatic heterocycles. The highest BCUT2D eigenvalue weighted by atomic mass is 16.4. The summed E-state index contributed by atoms with van der Waals surface area (Å²) in [6, 6.07) is 6.62. The molecule has 19 heavy (non-hydrogen) atoms. The Morgan fingerprint density at radius 2 is 2.16 bits per heavy atom. The van der Waals surface area contributed by atoms with Crippen LogP contribution in [-0.2, 0) is 4.79 Å². The van der Waals surface area contributed by atoms with Crippen LogP contribution in [0.1, 0.15) is 37.8 Å². The molecule has 0 saturated heterocycles. The molecule has 1 atom stereocenters.